The number of nitrogens with one attached hydrogen (secondary N) is 1. The first-order chi connectivity index (χ1) is 15.2. The molecular weight excluding hydrogens is 443 g/mol. The number of halogens is 3. The van der Waals surface area contributed by atoms with Gasteiger partial charge < -0.3 is 26.8 Å². The molecule has 3 atom stereocenters. The molecule has 3 heterocycles. The molecule has 1 aliphatic rings. The van der Waals surface area contributed by atoms with Crippen molar-refractivity contribution in [2.24, 2.45) is 12.8 Å². The van der Waals surface area contributed by atoms with Crippen molar-refractivity contribution in [3.8, 4) is 10.6 Å². The number of nitrogens with two attached hydrogens (primary N) is 2. The Balaban J connectivity index is 1.57. The molecule has 1 aromatic carbocycles. The smallest absolute Gasteiger partial charge is 0.171 e. The van der Waals surface area contributed by atoms with Crippen LogP contribution < -0.4 is 21.7 Å². The molecule has 0 aliphatic carbocycles. The van der Waals surface area contributed by atoms with Crippen LogP contribution in [0.4, 0.5) is 29.7 Å². The molecule has 1 aliphatic heterocycles. The minimum Gasteiger partial charge on any atom is -0.389 e. The van der Waals surface area contributed by atoms with Crippen LogP contribution in [0.25, 0.3) is 10.6 Å². The zero-order valence-corrected chi connectivity index (χ0v) is 18.1. The van der Waals surface area contributed by atoms with E-state index < -0.39 is 30.1 Å². The van der Waals surface area contributed by atoms with Crippen LogP contribution in [0.1, 0.15) is 24.8 Å². The molecule has 0 spiro atoms. The maximum Gasteiger partial charge on any atom is 0.171 e. The summed E-state index contributed by atoms with van der Waals surface area (Å²) in [4.78, 5) is 6.19. The summed E-state index contributed by atoms with van der Waals surface area (Å²) in [6.07, 6.45) is -0.105. The monoisotopic (exact) mass is 467 g/mol. The fourth-order valence-electron chi connectivity index (χ4n) is 3.74. The van der Waals surface area contributed by atoms with Gasteiger partial charge in [-0.1, -0.05) is 11.3 Å². The molecule has 12 heteroatoms. The van der Waals surface area contributed by atoms with Crippen molar-refractivity contribution in [2.45, 2.75) is 31.3 Å². The van der Waals surface area contributed by atoms with E-state index in [0.717, 1.165) is 29.5 Å². The first kappa shape index (κ1) is 22.4. The Bertz CT molecular complexity index is 1090. The lowest BCUT2D eigenvalue weighted by atomic mass is 10.1. The van der Waals surface area contributed by atoms with Gasteiger partial charge in [0.25, 0.3) is 0 Å². The Labute approximate surface area is 186 Å². The summed E-state index contributed by atoms with van der Waals surface area (Å²) in [7, 11) is 1.74. The van der Waals surface area contributed by atoms with Gasteiger partial charge in [-0.2, -0.15) is 5.10 Å². The average molecular weight is 468 g/mol. The number of anilines is 3. The highest BCUT2D eigenvalue weighted by atomic mass is 32.1. The van der Waals surface area contributed by atoms with Gasteiger partial charge in [-0.15, -0.1) is 0 Å². The lowest BCUT2D eigenvalue weighted by Gasteiger charge is -2.25. The van der Waals surface area contributed by atoms with Gasteiger partial charge in [0.05, 0.1) is 11.9 Å². The van der Waals surface area contributed by atoms with Gasteiger partial charge in [0.2, 0.25) is 0 Å². The van der Waals surface area contributed by atoms with Crippen LogP contribution in [-0.2, 0) is 7.05 Å². The quantitative estimate of drug-likeness (QED) is 0.426. The van der Waals surface area contributed by atoms with Crippen LogP contribution in [0.2, 0.25) is 0 Å². The summed E-state index contributed by atoms with van der Waals surface area (Å²) in [5, 5.41) is 18.2. The summed E-state index contributed by atoms with van der Waals surface area (Å²) < 4.78 is 43.3. The summed E-state index contributed by atoms with van der Waals surface area (Å²) >= 11 is 0.943. The van der Waals surface area contributed by atoms with Crippen molar-refractivity contribution < 1.29 is 18.3 Å². The summed E-state index contributed by atoms with van der Waals surface area (Å²) in [6, 6.07) is 2.52. The number of aliphatic hydroxyl groups excluding tert-OH is 1. The maximum atomic E-state index is 14.1. The molecule has 2 aromatic heterocycles. The molecule has 8 nitrogen and oxygen atoms in total. The van der Waals surface area contributed by atoms with Gasteiger partial charge in [-0.05, 0) is 31.0 Å². The molecule has 0 saturated carbocycles. The highest BCUT2D eigenvalue weighted by Gasteiger charge is 2.27. The van der Waals surface area contributed by atoms with Crippen LogP contribution in [0.15, 0.2) is 24.4 Å². The zero-order valence-electron chi connectivity index (χ0n) is 17.3. The number of nitrogens with zero attached hydrogens (tertiary/aromatic N) is 4. The second kappa shape index (κ2) is 8.96. The van der Waals surface area contributed by atoms with Crippen LogP contribution in [0.3, 0.4) is 0 Å². The number of rotatable bonds is 5. The molecule has 172 valence electrons. The van der Waals surface area contributed by atoms with Crippen LogP contribution in [0.5, 0.6) is 0 Å². The predicted molar refractivity (Wildman–Crippen MR) is 118 cm³/mol. The van der Waals surface area contributed by atoms with E-state index >= 15 is 0 Å². The van der Waals surface area contributed by atoms with Crippen LogP contribution in [0, 0.1) is 11.6 Å². The van der Waals surface area contributed by atoms with E-state index in [0.29, 0.717) is 31.0 Å². The number of thiazole rings is 1. The van der Waals surface area contributed by atoms with Gasteiger partial charge in [0, 0.05) is 31.7 Å². The summed E-state index contributed by atoms with van der Waals surface area (Å²) in [5.41, 5.74) is 12.4. The molecule has 0 bridgehead atoms. The van der Waals surface area contributed by atoms with E-state index in [1.54, 1.807) is 11.7 Å². The van der Waals surface area contributed by atoms with E-state index in [1.165, 1.54) is 6.20 Å². The fraction of sp³-hybridized carbons (Fsp3) is 0.400. The highest BCUT2D eigenvalue weighted by molar-refractivity contribution is 7.18. The number of aromatic nitrogens is 3. The minimum atomic E-state index is -1.33. The second-order valence-corrected chi connectivity index (χ2v) is 8.72. The molecule has 1 fully saturated rings. The third-order valence-electron chi connectivity index (χ3n) is 5.47. The molecular formula is C20H24F3N7OS. The fourth-order valence-corrected chi connectivity index (χ4v) is 4.62. The number of aliphatic hydroxyl groups is 1. The first-order valence-electron chi connectivity index (χ1n) is 10.1. The van der Waals surface area contributed by atoms with E-state index in [-0.39, 0.29) is 27.7 Å². The second-order valence-electron chi connectivity index (χ2n) is 7.69. The molecule has 0 radical (unpaired) electrons. The Morgan fingerprint density at radius 3 is 2.81 bits per heavy atom. The molecule has 1 saturated heterocycles. The molecule has 3 aromatic rings. The Morgan fingerprint density at radius 1 is 1.28 bits per heavy atom. The van der Waals surface area contributed by atoms with Gasteiger partial charge in [0.15, 0.2) is 6.23 Å². The largest absolute Gasteiger partial charge is 0.389 e. The number of hydrogen-bond acceptors (Lipinski definition) is 8. The SMILES string of the molecule is Cn1ncc(NC(O)c2nc(-c3cc(F)ccc3F)sc2N)c1N1CCC(N)C(F)CC1. The van der Waals surface area contributed by atoms with Gasteiger partial charge in [-0.3, -0.25) is 4.68 Å². The van der Waals surface area contributed by atoms with Crippen molar-refractivity contribution in [3.63, 3.8) is 0 Å². The van der Waals surface area contributed by atoms with Crippen LogP contribution in [-0.4, -0.2) is 45.2 Å². The normalized spacial score (nSPS) is 20.2. The van der Waals surface area contributed by atoms with E-state index in [4.69, 9.17) is 11.5 Å². The number of alkyl halides is 1. The Kier molecular flexibility index (Phi) is 6.26. The lowest BCUT2D eigenvalue weighted by Crippen LogP contribution is -2.31. The van der Waals surface area contributed by atoms with E-state index in [2.05, 4.69) is 15.4 Å². The van der Waals surface area contributed by atoms with E-state index in [1.807, 2.05) is 4.90 Å². The van der Waals surface area contributed by atoms with Gasteiger partial charge in [-0.25, -0.2) is 18.2 Å². The van der Waals surface area contributed by atoms with Crippen molar-refractivity contribution >= 4 is 27.8 Å². The lowest BCUT2D eigenvalue weighted by molar-refractivity contribution is 0.205. The van der Waals surface area contributed by atoms with Crippen LogP contribution >= 0.6 is 11.3 Å². The topological polar surface area (TPSA) is 118 Å². The van der Waals surface area contributed by atoms with Crippen molar-refractivity contribution in [2.75, 3.05) is 29.0 Å². The van der Waals surface area contributed by atoms with Crippen molar-refractivity contribution in [1.29, 1.82) is 0 Å². The standard InChI is InChI=1S/C20H24F3N7OS/c1-29-20(30-6-4-13(23)14(24)5-7-30)15(9-26-29)27-18(31)16-17(25)32-19(28-16)11-8-10(21)2-3-12(11)22/h2-3,8-9,13-14,18,27,31H,4-7,24-25H2,1H3. The highest BCUT2D eigenvalue weighted by Crippen LogP contribution is 2.36. The van der Waals surface area contributed by atoms with Gasteiger partial charge >= 0.3 is 0 Å². The number of nitrogen functional groups attached to an aromatic ring is 1. The molecule has 32 heavy (non-hydrogen) atoms. The molecule has 0 amide bonds. The van der Waals surface area contributed by atoms with Gasteiger partial charge in [0.1, 0.15) is 39.3 Å². The third-order valence-corrected chi connectivity index (χ3v) is 6.40. The Morgan fingerprint density at radius 2 is 2.03 bits per heavy atom. The predicted octanol–water partition coefficient (Wildman–Crippen LogP) is 2.77. The molecule has 4 rings (SSSR count). The number of benzene rings is 1. The first-order valence-corrected chi connectivity index (χ1v) is 10.9. The van der Waals surface area contributed by atoms with Crippen molar-refractivity contribution in [1.82, 2.24) is 14.8 Å². The molecule has 6 N–H and O–H groups in total. The van der Waals surface area contributed by atoms with Crippen molar-refractivity contribution in [3.05, 3.63) is 41.7 Å². The zero-order chi connectivity index (χ0) is 23.0. The third kappa shape index (κ3) is 4.38. The summed E-state index contributed by atoms with van der Waals surface area (Å²) in [5.74, 6) is -0.590. The summed E-state index contributed by atoms with van der Waals surface area (Å²) in [6.45, 7) is 0.981. The van der Waals surface area contributed by atoms with E-state index in [9.17, 15) is 18.3 Å². The average Bonchev–Trinajstić information content (AvgIpc) is 3.27. The minimum absolute atomic E-state index is 0.0381. The number of hydrogen-bond donors (Lipinski definition) is 4. The maximum absolute atomic E-state index is 14.1. The Hall–Kier alpha value is -2.83. The molecule has 3 unspecified atom stereocenters. The number of aryl methyl sites for hydroxylation is 1.